The second kappa shape index (κ2) is 13.5. The molecule has 3 rings (SSSR count). The minimum atomic E-state index is 0. The van der Waals surface area contributed by atoms with E-state index in [0.717, 1.165) is 43.5 Å². The van der Waals surface area contributed by atoms with Crippen molar-refractivity contribution in [1.29, 1.82) is 0 Å². The number of nitrogens with zero attached hydrogens (tertiary/aromatic N) is 4. The van der Waals surface area contributed by atoms with Crippen molar-refractivity contribution in [2.75, 3.05) is 20.2 Å². The van der Waals surface area contributed by atoms with Crippen LogP contribution in [0.3, 0.4) is 0 Å². The van der Waals surface area contributed by atoms with Gasteiger partial charge < -0.3 is 19.9 Å². The fourth-order valence-electron chi connectivity index (χ4n) is 4.09. The van der Waals surface area contributed by atoms with E-state index in [0.29, 0.717) is 18.5 Å². The van der Waals surface area contributed by atoms with Crippen molar-refractivity contribution in [2.45, 2.75) is 65.0 Å². The van der Waals surface area contributed by atoms with Crippen LogP contribution in [0.25, 0.3) is 0 Å². The average molecular weight is 540 g/mol. The third-order valence-corrected chi connectivity index (χ3v) is 5.93. The van der Waals surface area contributed by atoms with E-state index in [-0.39, 0.29) is 24.0 Å². The maximum atomic E-state index is 5.47. The van der Waals surface area contributed by atoms with Gasteiger partial charge in [-0.05, 0) is 36.8 Å². The number of aliphatic imine (C=N–C) groups is 1. The Labute approximate surface area is 203 Å². The number of aromatic nitrogens is 3. The van der Waals surface area contributed by atoms with Crippen molar-refractivity contribution in [2.24, 2.45) is 10.9 Å². The van der Waals surface area contributed by atoms with Crippen LogP contribution in [0.5, 0.6) is 5.75 Å². The summed E-state index contributed by atoms with van der Waals surface area (Å²) in [6.45, 7) is 6.76. The van der Waals surface area contributed by atoms with Gasteiger partial charge in [-0.2, -0.15) is 0 Å². The Bertz CT molecular complexity index is 809. The highest BCUT2D eigenvalue weighted by Crippen LogP contribution is 2.23. The zero-order chi connectivity index (χ0) is 21.2. The van der Waals surface area contributed by atoms with Gasteiger partial charge in [-0.1, -0.05) is 44.9 Å². The van der Waals surface area contributed by atoms with E-state index in [2.05, 4.69) is 45.3 Å². The lowest BCUT2D eigenvalue weighted by molar-refractivity contribution is 0.306. The van der Waals surface area contributed by atoms with Crippen LogP contribution in [0, 0.1) is 5.92 Å². The lowest BCUT2D eigenvalue weighted by Crippen LogP contribution is -2.48. The quantitative estimate of drug-likeness (QED) is 0.288. The Morgan fingerprint density at radius 2 is 2.06 bits per heavy atom. The van der Waals surface area contributed by atoms with E-state index in [1.54, 1.807) is 13.4 Å². The molecule has 2 aromatic rings. The lowest BCUT2D eigenvalue weighted by atomic mass is 9.86. The molecule has 2 N–H and O–H groups in total. The summed E-state index contributed by atoms with van der Waals surface area (Å²) in [5.41, 5.74) is 1.19. The highest BCUT2D eigenvalue weighted by atomic mass is 127. The Hall–Kier alpha value is -1.84. The zero-order valence-corrected chi connectivity index (χ0v) is 21.3. The normalized spacial score (nSPS) is 18.9. The first kappa shape index (κ1) is 25.4. The molecular weight excluding hydrogens is 503 g/mol. The Balaban J connectivity index is 0.00000341. The third-order valence-electron chi connectivity index (χ3n) is 5.93. The fourth-order valence-corrected chi connectivity index (χ4v) is 4.09. The van der Waals surface area contributed by atoms with E-state index < -0.39 is 0 Å². The summed E-state index contributed by atoms with van der Waals surface area (Å²) in [6, 6.07) is 8.64. The Morgan fingerprint density at radius 3 is 2.84 bits per heavy atom. The number of ether oxygens (including phenoxy) is 1. The molecule has 31 heavy (non-hydrogen) atoms. The Kier molecular flexibility index (Phi) is 11.1. The maximum Gasteiger partial charge on any atom is 0.191 e. The minimum Gasteiger partial charge on any atom is -0.496 e. The summed E-state index contributed by atoms with van der Waals surface area (Å²) < 4.78 is 7.57. The van der Waals surface area contributed by atoms with Crippen molar-refractivity contribution in [3.05, 3.63) is 42.0 Å². The second-order valence-electron chi connectivity index (χ2n) is 8.03. The van der Waals surface area contributed by atoms with Crippen molar-refractivity contribution < 1.29 is 4.74 Å². The maximum absolute atomic E-state index is 5.47. The van der Waals surface area contributed by atoms with Crippen LogP contribution in [-0.2, 0) is 19.4 Å². The Morgan fingerprint density at radius 1 is 1.26 bits per heavy atom. The summed E-state index contributed by atoms with van der Waals surface area (Å²) in [5, 5.41) is 15.4. The van der Waals surface area contributed by atoms with Crippen LogP contribution in [0.15, 0.2) is 35.6 Å². The number of para-hydroxylation sites is 1. The molecule has 0 aliphatic heterocycles. The molecule has 172 valence electrons. The zero-order valence-electron chi connectivity index (χ0n) is 19.0. The van der Waals surface area contributed by atoms with Crippen LogP contribution < -0.4 is 15.4 Å². The molecule has 7 nitrogen and oxygen atoms in total. The molecule has 8 heteroatoms. The summed E-state index contributed by atoms with van der Waals surface area (Å²) in [7, 11) is 1.72. The molecule has 2 atom stereocenters. The average Bonchev–Trinajstić information content (AvgIpc) is 3.23. The lowest BCUT2D eigenvalue weighted by Gasteiger charge is -2.31. The van der Waals surface area contributed by atoms with Gasteiger partial charge in [0.1, 0.15) is 17.9 Å². The van der Waals surface area contributed by atoms with E-state index >= 15 is 0 Å². The number of nitrogens with one attached hydrogen (secondary N) is 2. The summed E-state index contributed by atoms with van der Waals surface area (Å²) >= 11 is 0. The highest BCUT2D eigenvalue weighted by molar-refractivity contribution is 14.0. The van der Waals surface area contributed by atoms with Gasteiger partial charge in [0.2, 0.25) is 0 Å². The van der Waals surface area contributed by atoms with E-state index in [9.17, 15) is 0 Å². The first-order chi connectivity index (χ1) is 14.7. The number of hydrogen-bond acceptors (Lipinski definition) is 4. The van der Waals surface area contributed by atoms with Crippen LogP contribution in [0.2, 0.25) is 0 Å². The molecule has 0 radical (unpaired) electrons. The molecule has 0 spiro atoms. The topological polar surface area (TPSA) is 76.4 Å². The summed E-state index contributed by atoms with van der Waals surface area (Å²) in [5.74, 6) is 3.51. The summed E-state index contributed by atoms with van der Waals surface area (Å²) in [6.07, 6.45) is 8.65. The highest BCUT2D eigenvalue weighted by Gasteiger charge is 2.22. The minimum absolute atomic E-state index is 0. The smallest absolute Gasteiger partial charge is 0.191 e. The standard InChI is InChI=1S/C23H36N6O.HI/c1-4-22-28-26-17-29(22)16-15-25-23(27-20-11-7-5-9-18(20)2)24-14-13-19-10-6-8-12-21(19)30-3;/h6,8,10,12,17-18,20H,4-5,7,9,11,13-16H2,1-3H3,(H2,24,25,27);1H. The van der Waals surface area contributed by atoms with Gasteiger partial charge >= 0.3 is 0 Å². The number of guanidine groups is 1. The number of methoxy groups -OCH3 is 1. The number of halogens is 1. The molecule has 1 fully saturated rings. The SMILES string of the molecule is CCc1nncn1CCNC(=NCCc1ccccc1OC)NC1CCCCC1C.I. The molecule has 2 unspecified atom stereocenters. The molecule has 1 aliphatic carbocycles. The third kappa shape index (κ3) is 7.66. The largest absolute Gasteiger partial charge is 0.496 e. The molecule has 1 aromatic heterocycles. The molecule has 1 saturated carbocycles. The first-order valence-corrected chi connectivity index (χ1v) is 11.2. The van der Waals surface area contributed by atoms with Gasteiger partial charge in [0.15, 0.2) is 5.96 Å². The number of aryl methyl sites for hydroxylation is 1. The van der Waals surface area contributed by atoms with Crippen LogP contribution in [-0.4, -0.2) is 47.0 Å². The van der Waals surface area contributed by atoms with Gasteiger partial charge in [0.25, 0.3) is 0 Å². The second-order valence-corrected chi connectivity index (χ2v) is 8.03. The molecule has 1 heterocycles. The predicted molar refractivity (Wildman–Crippen MR) is 136 cm³/mol. The molecule has 1 aliphatic rings. The van der Waals surface area contributed by atoms with Crippen molar-refractivity contribution in [3.63, 3.8) is 0 Å². The van der Waals surface area contributed by atoms with Crippen molar-refractivity contribution in [1.82, 2.24) is 25.4 Å². The van der Waals surface area contributed by atoms with Gasteiger partial charge in [-0.15, -0.1) is 34.2 Å². The number of rotatable bonds is 9. The molecule has 0 saturated heterocycles. The molecule has 1 aromatic carbocycles. The monoisotopic (exact) mass is 540 g/mol. The van der Waals surface area contributed by atoms with Crippen LogP contribution in [0.4, 0.5) is 0 Å². The summed E-state index contributed by atoms with van der Waals surface area (Å²) in [4.78, 5) is 4.88. The van der Waals surface area contributed by atoms with Gasteiger partial charge in [0.05, 0.1) is 7.11 Å². The van der Waals surface area contributed by atoms with Crippen LogP contribution >= 0.6 is 24.0 Å². The van der Waals surface area contributed by atoms with Gasteiger partial charge in [-0.25, -0.2) is 0 Å². The number of benzene rings is 1. The molecule has 0 bridgehead atoms. The van der Waals surface area contributed by atoms with Crippen LogP contribution in [0.1, 0.15) is 50.9 Å². The fraction of sp³-hybridized carbons (Fsp3) is 0.609. The van der Waals surface area contributed by atoms with E-state index in [1.807, 2.05) is 18.2 Å². The predicted octanol–water partition coefficient (Wildman–Crippen LogP) is 3.82. The van der Waals surface area contributed by atoms with Gasteiger partial charge in [0, 0.05) is 32.1 Å². The molecule has 0 amide bonds. The number of hydrogen-bond donors (Lipinski definition) is 2. The van der Waals surface area contributed by atoms with E-state index in [4.69, 9.17) is 9.73 Å². The molecular formula is C23H37IN6O. The van der Waals surface area contributed by atoms with E-state index in [1.165, 1.54) is 31.2 Å². The van der Waals surface area contributed by atoms with Crippen molar-refractivity contribution >= 4 is 29.9 Å². The first-order valence-electron chi connectivity index (χ1n) is 11.2. The van der Waals surface area contributed by atoms with Crippen molar-refractivity contribution in [3.8, 4) is 5.75 Å². The van der Waals surface area contributed by atoms with Gasteiger partial charge in [-0.3, -0.25) is 4.99 Å².